The number of aromatic nitrogens is 2. The van der Waals surface area contributed by atoms with Crippen LogP contribution in [0.25, 0.3) is 27.3 Å². The van der Waals surface area contributed by atoms with Crippen LogP contribution in [-0.4, -0.2) is 46.9 Å². The first kappa shape index (κ1) is 29.3. The van der Waals surface area contributed by atoms with E-state index in [-0.39, 0.29) is 5.75 Å². The van der Waals surface area contributed by atoms with Gasteiger partial charge in [0.05, 0.1) is 18.6 Å². The molecule has 1 aromatic heterocycles. The van der Waals surface area contributed by atoms with Gasteiger partial charge in [0.1, 0.15) is 27.9 Å². The van der Waals surface area contributed by atoms with Crippen LogP contribution in [-0.2, 0) is 32.2 Å². The maximum absolute atomic E-state index is 12.0. The van der Waals surface area contributed by atoms with Crippen LogP contribution in [0.5, 0.6) is 11.5 Å². The van der Waals surface area contributed by atoms with Crippen LogP contribution in [0.4, 0.5) is 0 Å². The van der Waals surface area contributed by atoms with Gasteiger partial charge >= 0.3 is 0 Å². The summed E-state index contributed by atoms with van der Waals surface area (Å²) in [6.07, 6.45) is 6.35. The van der Waals surface area contributed by atoms with Crippen molar-refractivity contribution < 1.29 is 26.9 Å². The predicted octanol–water partition coefficient (Wildman–Crippen LogP) is 4.82. The number of ether oxygens (including phenoxy) is 2. The maximum Gasteiger partial charge on any atom is 0.258 e. The molecule has 1 N–H and O–H groups in total. The quantitative estimate of drug-likeness (QED) is 0.244. The number of rotatable bonds is 11. The van der Waals surface area contributed by atoms with Gasteiger partial charge in [0.25, 0.3) is 5.91 Å². The molecular weight excluding hydrogens is 574 g/mol. The van der Waals surface area contributed by atoms with E-state index in [9.17, 15) is 17.4 Å². The number of carbonyl (C=O) groups excluding carboxylic acids is 1. The average molecular weight is 606 g/mol. The third kappa shape index (κ3) is 7.15. The maximum atomic E-state index is 12.0. The summed E-state index contributed by atoms with van der Waals surface area (Å²) < 4.78 is 50.3. The molecule has 0 bridgehead atoms. The van der Waals surface area contributed by atoms with Crippen LogP contribution in [0.15, 0.2) is 79.1 Å². The number of hydrogen-bond acceptors (Lipinski definition) is 7. The lowest BCUT2D eigenvalue weighted by atomic mass is 9.94. The third-order valence-electron chi connectivity index (χ3n) is 6.69. The molecule has 0 spiro atoms. The van der Waals surface area contributed by atoms with Crippen molar-refractivity contribution >= 4 is 31.8 Å². The second-order valence-electron chi connectivity index (χ2n) is 10.2. The van der Waals surface area contributed by atoms with Crippen LogP contribution >= 0.6 is 0 Å². The van der Waals surface area contributed by atoms with Crippen molar-refractivity contribution in [3.05, 3.63) is 95.8 Å². The number of aryl methyl sites for hydroxylation is 2. The van der Waals surface area contributed by atoms with Crippen LogP contribution in [0, 0.1) is 13.8 Å². The molecule has 0 saturated heterocycles. The van der Waals surface area contributed by atoms with Crippen LogP contribution in [0.1, 0.15) is 23.1 Å². The van der Waals surface area contributed by atoms with Crippen LogP contribution in [0.3, 0.4) is 0 Å². The standard InChI is InChI=1S/C31H31N3O6S2/c1-21-14-28(39-12-5-13-42(3,37)38)15-22(2)31(21)25-7-4-6-23(16-25)20-40-27-10-8-24(9-11-27)26-18-32-34(19-26)30-17-29(35)33-41(30)36/h4,6-11,14-19H,5,12-13,20H2,1-3H3,(H,33,35). The average Bonchev–Trinajstić information content (AvgIpc) is 3.55. The zero-order valence-corrected chi connectivity index (χ0v) is 25.1. The molecule has 1 amide bonds. The van der Waals surface area contributed by atoms with E-state index in [1.807, 2.05) is 62.4 Å². The van der Waals surface area contributed by atoms with E-state index in [4.69, 9.17) is 9.47 Å². The molecule has 3 aromatic carbocycles. The molecule has 0 radical (unpaired) electrons. The van der Waals surface area contributed by atoms with Gasteiger partial charge in [-0.15, -0.1) is 0 Å². The predicted molar refractivity (Wildman–Crippen MR) is 164 cm³/mol. The Morgan fingerprint density at radius 3 is 2.33 bits per heavy atom. The molecular formula is C31H31N3O6S2. The second-order valence-corrected chi connectivity index (χ2v) is 13.6. The minimum atomic E-state index is -3.00. The number of sulfone groups is 1. The van der Waals surface area contributed by atoms with Crippen LogP contribution < -0.4 is 14.2 Å². The fraction of sp³-hybridized carbons (Fsp3) is 0.226. The van der Waals surface area contributed by atoms with E-state index in [2.05, 4.69) is 22.0 Å². The fourth-order valence-electron chi connectivity index (χ4n) is 4.78. The monoisotopic (exact) mass is 605 g/mol. The molecule has 9 nitrogen and oxygen atoms in total. The van der Waals surface area contributed by atoms with Gasteiger partial charge in [0.15, 0.2) is 16.0 Å². The molecule has 0 saturated carbocycles. The van der Waals surface area contributed by atoms with Crippen molar-refractivity contribution in [2.24, 2.45) is 0 Å². The van der Waals surface area contributed by atoms with Gasteiger partial charge in [-0.3, -0.25) is 9.52 Å². The minimum absolute atomic E-state index is 0.110. The summed E-state index contributed by atoms with van der Waals surface area (Å²) in [6.45, 7) is 4.83. The Balaban J connectivity index is 1.22. The van der Waals surface area contributed by atoms with E-state index in [1.165, 1.54) is 17.0 Å². The lowest BCUT2D eigenvalue weighted by Gasteiger charge is -2.15. The molecule has 218 valence electrons. The molecule has 1 atom stereocenters. The second kappa shape index (κ2) is 12.3. The number of amides is 1. The highest BCUT2D eigenvalue weighted by atomic mass is 32.2. The van der Waals surface area contributed by atoms with Crippen molar-refractivity contribution in [3.63, 3.8) is 0 Å². The Labute approximate surface area is 247 Å². The molecule has 1 aliphatic heterocycles. The van der Waals surface area contributed by atoms with Crippen molar-refractivity contribution in [2.75, 3.05) is 18.6 Å². The number of carbonyl (C=O) groups is 1. The van der Waals surface area contributed by atoms with Crippen LogP contribution in [0.2, 0.25) is 0 Å². The number of hydrogen-bond donors (Lipinski definition) is 1. The van der Waals surface area contributed by atoms with Crippen molar-refractivity contribution in [2.45, 2.75) is 26.9 Å². The van der Waals surface area contributed by atoms with Gasteiger partial charge in [0, 0.05) is 24.1 Å². The molecule has 5 rings (SSSR count). The Hall–Kier alpha value is -4.22. The SMILES string of the molecule is Cc1cc(OCCCS(C)(=O)=O)cc(C)c1-c1cccc(COc2ccc(-c3cnn(C4=CC(=O)NS4=O)c3)cc2)c1. The first-order chi connectivity index (χ1) is 20.1. The highest BCUT2D eigenvalue weighted by Crippen LogP contribution is 2.32. The largest absolute Gasteiger partial charge is 0.494 e. The fourth-order valence-corrected chi connectivity index (χ4v) is 6.26. The Morgan fingerprint density at radius 2 is 1.67 bits per heavy atom. The van der Waals surface area contributed by atoms with Crippen molar-refractivity contribution in [3.8, 4) is 33.8 Å². The highest BCUT2D eigenvalue weighted by molar-refractivity contribution is 7.93. The molecule has 0 fully saturated rings. The lowest BCUT2D eigenvalue weighted by Crippen LogP contribution is -2.17. The summed E-state index contributed by atoms with van der Waals surface area (Å²) >= 11 is 0. The molecule has 1 unspecified atom stereocenters. The third-order valence-corrected chi connectivity index (χ3v) is 8.79. The first-order valence-electron chi connectivity index (χ1n) is 13.3. The molecule has 1 aliphatic rings. The van der Waals surface area contributed by atoms with E-state index in [0.717, 1.165) is 50.4 Å². The van der Waals surface area contributed by atoms with Gasteiger partial charge in [0.2, 0.25) is 0 Å². The first-order valence-corrected chi connectivity index (χ1v) is 16.5. The summed E-state index contributed by atoms with van der Waals surface area (Å²) in [6, 6.07) is 19.8. The molecule has 2 heterocycles. The van der Waals surface area contributed by atoms with Gasteiger partial charge in [-0.1, -0.05) is 30.3 Å². The summed E-state index contributed by atoms with van der Waals surface area (Å²) in [7, 11) is -4.61. The molecule has 4 aromatic rings. The summed E-state index contributed by atoms with van der Waals surface area (Å²) in [4.78, 5) is 11.5. The summed E-state index contributed by atoms with van der Waals surface area (Å²) in [5.74, 6) is 1.16. The topological polar surface area (TPSA) is 117 Å². The molecule has 11 heteroatoms. The van der Waals surface area contributed by atoms with Gasteiger partial charge < -0.3 is 9.47 Å². The Morgan fingerprint density at radius 1 is 0.929 bits per heavy atom. The normalized spacial score (nSPS) is 14.9. The van der Waals surface area contributed by atoms with E-state index in [0.29, 0.717) is 24.7 Å². The zero-order chi connectivity index (χ0) is 29.9. The molecule has 42 heavy (non-hydrogen) atoms. The Bertz CT molecular complexity index is 1770. The van der Waals surface area contributed by atoms with Gasteiger partial charge in [-0.05, 0) is 84.0 Å². The van der Waals surface area contributed by atoms with Crippen molar-refractivity contribution in [1.82, 2.24) is 14.5 Å². The summed E-state index contributed by atoms with van der Waals surface area (Å²) in [5, 5.41) is 4.53. The van der Waals surface area contributed by atoms with E-state index in [1.54, 1.807) is 12.4 Å². The smallest absolute Gasteiger partial charge is 0.258 e. The van der Waals surface area contributed by atoms with Gasteiger partial charge in [-0.25, -0.2) is 17.3 Å². The number of benzene rings is 3. The lowest BCUT2D eigenvalue weighted by molar-refractivity contribution is -0.114. The number of nitrogens with one attached hydrogen (secondary N) is 1. The summed E-state index contributed by atoms with van der Waals surface area (Å²) in [5.41, 5.74) is 7.11. The molecule has 0 aliphatic carbocycles. The van der Waals surface area contributed by atoms with Gasteiger partial charge in [-0.2, -0.15) is 5.10 Å². The zero-order valence-electron chi connectivity index (χ0n) is 23.5. The van der Waals surface area contributed by atoms with E-state index < -0.39 is 26.7 Å². The number of nitrogens with zero attached hydrogens (tertiary/aromatic N) is 2. The van der Waals surface area contributed by atoms with E-state index >= 15 is 0 Å². The van der Waals surface area contributed by atoms with Crippen molar-refractivity contribution in [1.29, 1.82) is 0 Å². The highest BCUT2D eigenvalue weighted by Gasteiger charge is 2.22. The minimum Gasteiger partial charge on any atom is -0.494 e. The Kier molecular flexibility index (Phi) is 8.60.